The zero-order valence-corrected chi connectivity index (χ0v) is 13.7. The number of alkyl carbamates (subject to hydrolysis) is 1. The molecule has 0 spiro atoms. The topological polar surface area (TPSA) is 101 Å². The van der Waals surface area contributed by atoms with Gasteiger partial charge in [-0.3, -0.25) is 0 Å². The van der Waals surface area contributed by atoms with Crippen LogP contribution in [0.3, 0.4) is 0 Å². The summed E-state index contributed by atoms with van der Waals surface area (Å²) < 4.78 is 10.0. The second-order valence-electron chi connectivity index (χ2n) is 5.70. The molecule has 1 atom stereocenters. The highest BCUT2D eigenvalue weighted by atomic mass is 16.6. The summed E-state index contributed by atoms with van der Waals surface area (Å²) in [5.74, 6) is -0.820. The lowest BCUT2D eigenvalue weighted by Crippen LogP contribution is -2.41. The second kappa shape index (κ2) is 8.10. The third-order valence-electron chi connectivity index (χ3n) is 2.66. The lowest BCUT2D eigenvalue weighted by atomic mass is 10.0. The fourth-order valence-corrected chi connectivity index (χ4v) is 1.80. The minimum Gasteiger partial charge on any atom is -0.457 e. The maximum atomic E-state index is 12.0. The molecule has 0 aliphatic carbocycles. The van der Waals surface area contributed by atoms with Crippen LogP contribution >= 0.6 is 0 Å². The quantitative estimate of drug-likeness (QED) is 0.390. The zero-order valence-electron chi connectivity index (χ0n) is 13.7. The zero-order chi connectivity index (χ0) is 17.5. The second-order valence-corrected chi connectivity index (χ2v) is 5.70. The van der Waals surface area contributed by atoms with Crippen LogP contribution in [0, 0.1) is 0 Å². The molecule has 1 aromatic rings. The number of hydrogen-bond acceptors (Lipinski definition) is 4. The van der Waals surface area contributed by atoms with Crippen LogP contribution in [-0.2, 0) is 14.3 Å². The summed E-state index contributed by atoms with van der Waals surface area (Å²) >= 11 is 0. The van der Waals surface area contributed by atoms with Crippen molar-refractivity contribution in [3.63, 3.8) is 0 Å². The standard InChI is InChI=1S/C16H21N3O4/c1-5-22-14(20)13(19-17)12(11-9-7-6-8-10-11)18-15(21)23-16(2,3)4/h6-10,12H,5H2,1-4H3,(H,18,21). The van der Waals surface area contributed by atoms with Gasteiger partial charge in [-0.1, -0.05) is 30.3 Å². The van der Waals surface area contributed by atoms with Gasteiger partial charge < -0.3 is 20.3 Å². The van der Waals surface area contributed by atoms with E-state index in [1.807, 2.05) is 0 Å². The molecule has 1 amide bonds. The van der Waals surface area contributed by atoms with E-state index >= 15 is 0 Å². The Bertz CT molecular complexity index is 602. The van der Waals surface area contributed by atoms with Gasteiger partial charge in [-0.05, 0) is 33.3 Å². The van der Waals surface area contributed by atoms with E-state index in [-0.39, 0.29) is 12.3 Å². The van der Waals surface area contributed by atoms with E-state index in [2.05, 4.69) is 10.1 Å². The Morgan fingerprint density at radius 3 is 2.35 bits per heavy atom. The highest BCUT2D eigenvalue weighted by Gasteiger charge is 2.36. The number of nitrogens with one attached hydrogen (secondary N) is 1. The van der Waals surface area contributed by atoms with Crippen molar-refractivity contribution in [2.24, 2.45) is 0 Å². The van der Waals surface area contributed by atoms with E-state index in [1.54, 1.807) is 58.0 Å². The Kier molecular flexibility index (Phi) is 6.48. The summed E-state index contributed by atoms with van der Waals surface area (Å²) in [6.07, 6.45) is -0.739. The Hall–Kier alpha value is -2.66. The number of benzene rings is 1. The van der Waals surface area contributed by atoms with Crippen molar-refractivity contribution < 1.29 is 23.9 Å². The van der Waals surface area contributed by atoms with Crippen LogP contribution in [0.4, 0.5) is 4.79 Å². The first-order valence-corrected chi connectivity index (χ1v) is 7.22. The molecule has 1 rings (SSSR count). The molecular formula is C16H21N3O4. The molecule has 1 aromatic carbocycles. The maximum absolute atomic E-state index is 12.0. The predicted octanol–water partition coefficient (Wildman–Crippen LogP) is 2.49. The monoisotopic (exact) mass is 319 g/mol. The van der Waals surface area contributed by atoms with Gasteiger partial charge in [-0.15, -0.1) is 0 Å². The van der Waals surface area contributed by atoms with Gasteiger partial charge in [0.2, 0.25) is 0 Å². The van der Waals surface area contributed by atoms with Crippen molar-refractivity contribution in [3.05, 3.63) is 41.4 Å². The normalized spacial score (nSPS) is 11.8. The first kappa shape index (κ1) is 18.4. The molecule has 0 bridgehead atoms. The number of ether oxygens (including phenoxy) is 2. The average molecular weight is 319 g/mol. The molecule has 0 aliphatic rings. The summed E-state index contributed by atoms with van der Waals surface area (Å²) in [4.78, 5) is 27.0. The predicted molar refractivity (Wildman–Crippen MR) is 83.8 cm³/mol. The number of hydrogen-bond donors (Lipinski definition) is 1. The van der Waals surface area contributed by atoms with Crippen molar-refractivity contribution in [1.82, 2.24) is 5.32 Å². The molecule has 7 heteroatoms. The van der Waals surface area contributed by atoms with E-state index in [9.17, 15) is 15.1 Å². The molecule has 7 nitrogen and oxygen atoms in total. The molecule has 0 saturated heterocycles. The lowest BCUT2D eigenvalue weighted by molar-refractivity contribution is -0.140. The van der Waals surface area contributed by atoms with Gasteiger partial charge in [-0.2, -0.15) is 4.79 Å². The lowest BCUT2D eigenvalue weighted by Gasteiger charge is -2.22. The minimum atomic E-state index is -0.991. The van der Waals surface area contributed by atoms with Gasteiger partial charge in [-0.25, -0.2) is 9.59 Å². The van der Waals surface area contributed by atoms with Crippen molar-refractivity contribution in [3.8, 4) is 0 Å². The van der Waals surface area contributed by atoms with Crippen LogP contribution < -0.4 is 5.32 Å². The Morgan fingerprint density at radius 1 is 1.26 bits per heavy atom. The fourth-order valence-electron chi connectivity index (χ4n) is 1.80. The van der Waals surface area contributed by atoms with E-state index < -0.39 is 23.7 Å². The summed E-state index contributed by atoms with van der Waals surface area (Å²) in [6.45, 7) is 6.90. The van der Waals surface area contributed by atoms with E-state index in [0.717, 1.165) is 0 Å². The molecule has 0 saturated carbocycles. The highest BCUT2D eigenvalue weighted by molar-refractivity contribution is 6.36. The van der Waals surface area contributed by atoms with Crippen LogP contribution in [0.5, 0.6) is 0 Å². The van der Waals surface area contributed by atoms with Crippen molar-refractivity contribution in [1.29, 1.82) is 0 Å². The minimum absolute atomic E-state index is 0.117. The number of esters is 1. The highest BCUT2D eigenvalue weighted by Crippen LogP contribution is 2.16. The third kappa shape index (κ3) is 5.92. The van der Waals surface area contributed by atoms with Gasteiger partial charge in [0.15, 0.2) is 6.04 Å². The number of amides is 1. The van der Waals surface area contributed by atoms with Crippen LogP contribution in [0.1, 0.15) is 39.3 Å². The summed E-state index contributed by atoms with van der Waals surface area (Å²) in [5, 5.41) is 2.53. The summed E-state index contributed by atoms with van der Waals surface area (Å²) in [5.41, 5.74) is 8.72. The van der Waals surface area contributed by atoms with Crippen molar-refractivity contribution in [2.45, 2.75) is 39.3 Å². The smallest absolute Gasteiger partial charge is 0.419 e. The third-order valence-corrected chi connectivity index (χ3v) is 2.66. The van der Waals surface area contributed by atoms with Crippen LogP contribution in [0.2, 0.25) is 0 Å². The SMILES string of the molecule is CCOC(=O)C(=[N+]=[N-])C(NC(=O)OC(C)(C)C)c1ccccc1. The molecule has 0 fully saturated rings. The van der Waals surface area contributed by atoms with Gasteiger partial charge in [0, 0.05) is 0 Å². The van der Waals surface area contributed by atoms with Crippen molar-refractivity contribution in [2.75, 3.05) is 6.61 Å². The van der Waals surface area contributed by atoms with E-state index in [0.29, 0.717) is 5.56 Å². The summed E-state index contributed by atoms with van der Waals surface area (Å²) in [6, 6.07) is 7.64. The molecule has 0 radical (unpaired) electrons. The average Bonchev–Trinajstić information content (AvgIpc) is 2.46. The Morgan fingerprint density at radius 2 is 1.87 bits per heavy atom. The molecule has 23 heavy (non-hydrogen) atoms. The first-order chi connectivity index (χ1) is 10.8. The van der Waals surface area contributed by atoms with E-state index in [4.69, 9.17) is 9.47 Å². The van der Waals surface area contributed by atoms with Gasteiger partial charge in [0.1, 0.15) is 5.60 Å². The van der Waals surface area contributed by atoms with Gasteiger partial charge in [0.05, 0.1) is 6.61 Å². The molecule has 0 aliphatic heterocycles. The molecular weight excluding hydrogens is 298 g/mol. The van der Waals surface area contributed by atoms with Gasteiger partial charge in [0.25, 0.3) is 0 Å². The first-order valence-electron chi connectivity index (χ1n) is 7.22. The number of carbonyl (C=O) groups is 2. The van der Waals surface area contributed by atoms with E-state index in [1.165, 1.54) is 0 Å². The fraction of sp³-hybridized carbons (Fsp3) is 0.438. The van der Waals surface area contributed by atoms with Crippen LogP contribution in [-0.4, -0.2) is 34.8 Å². The van der Waals surface area contributed by atoms with Crippen molar-refractivity contribution >= 4 is 17.8 Å². The Labute approximate surface area is 135 Å². The Balaban J connectivity index is 3.10. The van der Waals surface area contributed by atoms with Crippen LogP contribution in [0.25, 0.3) is 5.53 Å². The molecule has 0 aromatic heterocycles. The van der Waals surface area contributed by atoms with Crippen LogP contribution in [0.15, 0.2) is 30.3 Å². The largest absolute Gasteiger partial charge is 0.457 e. The maximum Gasteiger partial charge on any atom is 0.419 e. The molecule has 1 N–H and O–H groups in total. The molecule has 0 heterocycles. The molecule has 1 unspecified atom stereocenters. The number of carbonyl (C=O) groups excluding carboxylic acids is 2. The number of nitrogens with zero attached hydrogens (tertiary/aromatic N) is 2. The summed E-state index contributed by atoms with van der Waals surface area (Å²) in [7, 11) is 0. The van der Waals surface area contributed by atoms with Gasteiger partial charge >= 0.3 is 17.8 Å². The molecule has 124 valence electrons. The number of rotatable bonds is 5.